The minimum atomic E-state index is -0.144. The first-order valence-corrected chi connectivity index (χ1v) is 8.54. The third kappa shape index (κ3) is 4.92. The summed E-state index contributed by atoms with van der Waals surface area (Å²) in [4.78, 5) is 23.9. The van der Waals surface area contributed by atoms with Gasteiger partial charge >= 0.3 is 0 Å². The van der Waals surface area contributed by atoms with Crippen LogP contribution in [0.25, 0.3) is 0 Å². The number of ether oxygens (including phenoxy) is 1. The number of nitrogens with one attached hydrogen (secondary N) is 1. The molecule has 0 aromatic heterocycles. The average Bonchev–Trinajstić information content (AvgIpc) is 2.69. The molecule has 0 aliphatic rings. The number of Topliss-reactive ketones (excluding diaryl/α,β-unsaturated/α-hetero) is 1. The molecule has 0 bridgehead atoms. The molecule has 0 atom stereocenters. The van der Waals surface area contributed by atoms with Gasteiger partial charge in [-0.2, -0.15) is 0 Å². The summed E-state index contributed by atoms with van der Waals surface area (Å²) < 4.78 is 5.71. The van der Waals surface area contributed by atoms with Gasteiger partial charge in [-0.15, -0.1) is 0 Å². The Labute approximate surface area is 158 Å². The lowest BCUT2D eigenvalue weighted by molar-refractivity contribution is 0.101. The summed E-state index contributed by atoms with van der Waals surface area (Å²) in [6, 6.07) is 23.6. The second-order valence-corrected chi connectivity index (χ2v) is 5.88. The standard InChI is InChI=1S/C23H19NO3/c1-17(25)21-9-5-6-10-22(21)24-16-15-23(26)18-11-13-20(14-12-18)27-19-7-3-2-4-8-19/h2-16,24H,1H3/b16-15+. The highest BCUT2D eigenvalue weighted by atomic mass is 16.5. The molecule has 3 aromatic rings. The maximum atomic E-state index is 12.3. The Kier molecular flexibility index (Phi) is 5.80. The summed E-state index contributed by atoms with van der Waals surface area (Å²) in [5, 5.41) is 2.99. The van der Waals surface area contributed by atoms with E-state index in [1.165, 1.54) is 13.0 Å². The fraction of sp³-hybridized carbons (Fsp3) is 0.0435. The van der Waals surface area contributed by atoms with E-state index in [1.54, 1.807) is 48.7 Å². The number of allylic oxidation sites excluding steroid dienone is 1. The van der Waals surface area contributed by atoms with Gasteiger partial charge in [0.1, 0.15) is 11.5 Å². The van der Waals surface area contributed by atoms with Crippen LogP contribution in [-0.4, -0.2) is 11.6 Å². The van der Waals surface area contributed by atoms with Crippen LogP contribution in [0, 0.1) is 0 Å². The van der Waals surface area contributed by atoms with Crippen molar-refractivity contribution in [2.24, 2.45) is 0 Å². The summed E-state index contributed by atoms with van der Waals surface area (Å²) in [5.41, 5.74) is 1.80. The van der Waals surface area contributed by atoms with Gasteiger partial charge in [0.05, 0.1) is 0 Å². The van der Waals surface area contributed by atoms with E-state index in [2.05, 4.69) is 5.32 Å². The number of benzene rings is 3. The van der Waals surface area contributed by atoms with Crippen LogP contribution in [0.5, 0.6) is 11.5 Å². The molecule has 1 N–H and O–H groups in total. The van der Waals surface area contributed by atoms with E-state index in [-0.39, 0.29) is 11.6 Å². The molecule has 134 valence electrons. The average molecular weight is 357 g/mol. The SMILES string of the molecule is CC(=O)c1ccccc1N/C=C/C(=O)c1ccc(Oc2ccccc2)cc1. The maximum absolute atomic E-state index is 12.3. The minimum Gasteiger partial charge on any atom is -0.457 e. The Morgan fingerprint density at radius 1 is 0.815 bits per heavy atom. The molecule has 0 unspecified atom stereocenters. The largest absolute Gasteiger partial charge is 0.457 e. The third-order valence-electron chi connectivity index (χ3n) is 3.90. The zero-order chi connectivity index (χ0) is 19.1. The summed E-state index contributed by atoms with van der Waals surface area (Å²) in [6.45, 7) is 1.51. The van der Waals surface area contributed by atoms with Crippen LogP contribution in [0.1, 0.15) is 27.6 Å². The molecule has 0 heterocycles. The van der Waals surface area contributed by atoms with Crippen molar-refractivity contribution in [1.29, 1.82) is 0 Å². The number of carbonyl (C=O) groups excluding carboxylic acids is 2. The van der Waals surface area contributed by atoms with Crippen molar-refractivity contribution >= 4 is 17.3 Å². The van der Waals surface area contributed by atoms with Crippen molar-refractivity contribution in [3.8, 4) is 11.5 Å². The highest BCUT2D eigenvalue weighted by Gasteiger charge is 2.05. The first-order chi connectivity index (χ1) is 13.1. The Morgan fingerprint density at radius 3 is 2.15 bits per heavy atom. The molecule has 4 nitrogen and oxygen atoms in total. The van der Waals surface area contributed by atoms with Crippen LogP contribution in [-0.2, 0) is 0 Å². The lowest BCUT2D eigenvalue weighted by Crippen LogP contribution is -2.00. The van der Waals surface area contributed by atoms with E-state index < -0.39 is 0 Å². The number of para-hydroxylation sites is 2. The predicted octanol–water partition coefficient (Wildman–Crippen LogP) is 5.49. The maximum Gasteiger partial charge on any atom is 0.187 e. The van der Waals surface area contributed by atoms with E-state index in [0.717, 1.165) is 5.75 Å². The second-order valence-electron chi connectivity index (χ2n) is 5.88. The zero-order valence-corrected chi connectivity index (χ0v) is 14.9. The molecule has 4 heteroatoms. The molecule has 0 aliphatic heterocycles. The van der Waals surface area contributed by atoms with Gasteiger partial charge in [0.25, 0.3) is 0 Å². The molecule has 0 aliphatic carbocycles. The molecule has 0 spiro atoms. The summed E-state index contributed by atoms with van der Waals surface area (Å²) in [5.74, 6) is 1.22. The number of rotatable bonds is 7. The lowest BCUT2D eigenvalue weighted by atomic mass is 10.1. The molecular formula is C23H19NO3. The summed E-state index contributed by atoms with van der Waals surface area (Å²) >= 11 is 0. The van der Waals surface area contributed by atoms with Gasteiger partial charge in [-0.1, -0.05) is 30.3 Å². The topological polar surface area (TPSA) is 55.4 Å². The molecule has 3 rings (SSSR count). The van der Waals surface area contributed by atoms with Crippen molar-refractivity contribution < 1.29 is 14.3 Å². The van der Waals surface area contributed by atoms with E-state index in [9.17, 15) is 9.59 Å². The van der Waals surface area contributed by atoms with Gasteiger partial charge < -0.3 is 10.1 Å². The third-order valence-corrected chi connectivity index (χ3v) is 3.90. The number of hydrogen-bond donors (Lipinski definition) is 1. The van der Waals surface area contributed by atoms with Crippen molar-refractivity contribution in [2.75, 3.05) is 5.32 Å². The van der Waals surface area contributed by atoms with E-state index in [4.69, 9.17) is 4.74 Å². The van der Waals surface area contributed by atoms with Crippen molar-refractivity contribution in [1.82, 2.24) is 0 Å². The lowest BCUT2D eigenvalue weighted by Gasteiger charge is -2.06. The Balaban J connectivity index is 1.63. The molecule has 3 aromatic carbocycles. The summed E-state index contributed by atoms with van der Waals surface area (Å²) in [6.07, 6.45) is 2.97. The molecule has 0 radical (unpaired) electrons. The Hall–Kier alpha value is -3.66. The molecular weight excluding hydrogens is 338 g/mol. The van der Waals surface area contributed by atoms with E-state index >= 15 is 0 Å². The predicted molar refractivity (Wildman–Crippen MR) is 106 cm³/mol. The smallest absolute Gasteiger partial charge is 0.187 e. The monoisotopic (exact) mass is 357 g/mol. The van der Waals surface area contributed by atoms with E-state index in [1.807, 2.05) is 36.4 Å². The Bertz CT molecular complexity index is 960. The highest BCUT2D eigenvalue weighted by Crippen LogP contribution is 2.21. The molecule has 27 heavy (non-hydrogen) atoms. The fourth-order valence-electron chi connectivity index (χ4n) is 2.53. The number of anilines is 1. The summed E-state index contributed by atoms with van der Waals surface area (Å²) in [7, 11) is 0. The second kappa shape index (κ2) is 8.63. The van der Waals surface area contributed by atoms with Gasteiger partial charge in [0.2, 0.25) is 0 Å². The van der Waals surface area contributed by atoms with E-state index in [0.29, 0.717) is 22.6 Å². The van der Waals surface area contributed by atoms with Crippen molar-refractivity contribution in [3.63, 3.8) is 0 Å². The molecule has 0 saturated carbocycles. The van der Waals surface area contributed by atoms with Crippen LogP contribution in [0.4, 0.5) is 5.69 Å². The number of hydrogen-bond acceptors (Lipinski definition) is 4. The fourth-order valence-corrected chi connectivity index (χ4v) is 2.53. The van der Waals surface area contributed by atoms with Crippen LogP contribution in [0.15, 0.2) is 91.1 Å². The molecule has 0 fully saturated rings. The van der Waals surface area contributed by atoms with Gasteiger partial charge in [-0.05, 0) is 55.5 Å². The quantitative estimate of drug-likeness (QED) is 0.449. The zero-order valence-electron chi connectivity index (χ0n) is 14.9. The van der Waals surface area contributed by atoms with Crippen LogP contribution in [0.2, 0.25) is 0 Å². The normalized spacial score (nSPS) is 10.6. The number of carbonyl (C=O) groups is 2. The van der Waals surface area contributed by atoms with Crippen LogP contribution >= 0.6 is 0 Å². The van der Waals surface area contributed by atoms with Gasteiger partial charge in [-0.25, -0.2) is 0 Å². The van der Waals surface area contributed by atoms with Crippen LogP contribution in [0.3, 0.4) is 0 Å². The molecule has 0 saturated heterocycles. The van der Waals surface area contributed by atoms with Gasteiger partial charge in [0.15, 0.2) is 11.6 Å². The highest BCUT2D eigenvalue weighted by molar-refractivity contribution is 6.05. The van der Waals surface area contributed by atoms with Crippen molar-refractivity contribution in [2.45, 2.75) is 6.92 Å². The molecule has 0 amide bonds. The first-order valence-electron chi connectivity index (χ1n) is 8.54. The number of ketones is 2. The van der Waals surface area contributed by atoms with Gasteiger partial charge in [0, 0.05) is 29.1 Å². The van der Waals surface area contributed by atoms with Crippen LogP contribution < -0.4 is 10.1 Å². The minimum absolute atomic E-state index is 0.0353. The Morgan fingerprint density at radius 2 is 1.44 bits per heavy atom. The first kappa shape index (κ1) is 18.1. The van der Waals surface area contributed by atoms with Crippen molar-refractivity contribution in [3.05, 3.63) is 102 Å². The van der Waals surface area contributed by atoms with Gasteiger partial charge in [-0.3, -0.25) is 9.59 Å².